The van der Waals surface area contributed by atoms with Gasteiger partial charge in [0.25, 0.3) is 0 Å². The van der Waals surface area contributed by atoms with E-state index in [4.69, 9.17) is 4.74 Å². The van der Waals surface area contributed by atoms with Crippen molar-refractivity contribution < 1.29 is 4.74 Å². The van der Waals surface area contributed by atoms with E-state index < -0.39 is 0 Å². The van der Waals surface area contributed by atoms with E-state index in [-0.39, 0.29) is 0 Å². The number of rotatable bonds is 9. The van der Waals surface area contributed by atoms with Crippen LogP contribution in [0.1, 0.15) is 49.9 Å². The molecule has 1 unspecified atom stereocenters. The zero-order chi connectivity index (χ0) is 24.4. The first-order valence-corrected chi connectivity index (χ1v) is 13.1. The van der Waals surface area contributed by atoms with E-state index in [0.29, 0.717) is 25.3 Å². The fraction of sp³-hybridized carbons (Fsp3) is 0.467. The van der Waals surface area contributed by atoms with Crippen molar-refractivity contribution in [1.29, 1.82) is 0 Å². The molecule has 0 spiro atoms. The van der Waals surface area contributed by atoms with E-state index in [1.165, 1.54) is 66.7 Å². The maximum absolute atomic E-state index is 6.11. The summed E-state index contributed by atoms with van der Waals surface area (Å²) in [6, 6.07) is 2.58. The van der Waals surface area contributed by atoms with Crippen LogP contribution in [0, 0.1) is 26.2 Å². The van der Waals surface area contributed by atoms with E-state index in [2.05, 4.69) is 95.3 Å². The topological polar surface area (TPSA) is 33.0 Å². The second-order valence-corrected chi connectivity index (χ2v) is 10.4. The van der Waals surface area contributed by atoms with E-state index in [9.17, 15) is 0 Å². The summed E-state index contributed by atoms with van der Waals surface area (Å²) in [6.45, 7) is 13.4. The summed E-state index contributed by atoms with van der Waals surface area (Å²) in [4.78, 5) is 9.57. The van der Waals surface area contributed by atoms with Crippen molar-refractivity contribution >= 4 is 11.2 Å². The van der Waals surface area contributed by atoms with Crippen LogP contribution in [0.4, 0.5) is 0 Å². The molecule has 3 aliphatic rings. The number of hydrogen-bond acceptors (Lipinski definition) is 4. The van der Waals surface area contributed by atoms with Gasteiger partial charge >= 0.3 is 0 Å². The molecule has 5 rings (SSSR count). The molecule has 1 fully saturated rings. The van der Waals surface area contributed by atoms with Crippen molar-refractivity contribution in [3.05, 3.63) is 83.4 Å². The number of aryl methyl sites for hydroxylation is 2. The Morgan fingerprint density at radius 3 is 2.77 bits per heavy atom. The SMILES string of the molecule is C/C(=C\COCN1C=C(C2CCN(CCC3=C[CH]3)CC2)C=CC1C)c1cc(C)c2nc(C)cn2c1. The molecule has 1 saturated heterocycles. The fourth-order valence-corrected chi connectivity index (χ4v) is 5.18. The Kier molecular flexibility index (Phi) is 7.26. The van der Waals surface area contributed by atoms with Gasteiger partial charge < -0.3 is 18.9 Å². The third-order valence-electron chi connectivity index (χ3n) is 7.64. The number of nitrogens with zero attached hydrogens (tertiary/aromatic N) is 4. The molecule has 0 N–H and O–H groups in total. The Hall–Kier alpha value is -2.63. The summed E-state index contributed by atoms with van der Waals surface area (Å²) >= 11 is 0. The van der Waals surface area contributed by atoms with Crippen LogP contribution in [0.15, 0.2) is 60.1 Å². The van der Waals surface area contributed by atoms with Gasteiger partial charge in [-0.25, -0.2) is 4.98 Å². The number of imidazole rings is 1. The molecule has 0 bridgehead atoms. The predicted molar refractivity (Wildman–Crippen MR) is 144 cm³/mol. The molecule has 1 aliphatic carbocycles. The lowest BCUT2D eigenvalue weighted by atomic mass is 9.87. The quantitative estimate of drug-likeness (QED) is 0.438. The van der Waals surface area contributed by atoms with Gasteiger partial charge in [-0.2, -0.15) is 0 Å². The average molecular weight is 472 g/mol. The Balaban J connectivity index is 1.12. The second-order valence-electron chi connectivity index (χ2n) is 10.4. The van der Waals surface area contributed by atoms with Gasteiger partial charge in [-0.3, -0.25) is 0 Å². The summed E-state index contributed by atoms with van der Waals surface area (Å²) in [5.41, 5.74) is 8.71. The largest absolute Gasteiger partial charge is 0.357 e. The van der Waals surface area contributed by atoms with Crippen LogP contribution in [0.25, 0.3) is 11.2 Å². The molecule has 35 heavy (non-hydrogen) atoms. The normalized spacial score (nSPS) is 21.5. The average Bonchev–Trinajstić information content (AvgIpc) is 3.61. The van der Waals surface area contributed by atoms with Crippen molar-refractivity contribution in [3.8, 4) is 0 Å². The van der Waals surface area contributed by atoms with Gasteiger partial charge in [0.2, 0.25) is 0 Å². The Morgan fingerprint density at radius 1 is 1.20 bits per heavy atom. The molecule has 5 nitrogen and oxygen atoms in total. The van der Waals surface area contributed by atoms with Crippen LogP contribution in [0.3, 0.4) is 0 Å². The van der Waals surface area contributed by atoms with E-state index in [1.807, 2.05) is 6.92 Å². The Labute approximate surface area is 210 Å². The third-order valence-corrected chi connectivity index (χ3v) is 7.64. The molecular formula is C30H39N4O. The first-order chi connectivity index (χ1) is 17.0. The molecule has 4 heterocycles. The number of allylic oxidation sites excluding steroid dienone is 4. The van der Waals surface area contributed by atoms with Gasteiger partial charge in [0.15, 0.2) is 0 Å². The molecule has 0 aromatic carbocycles. The molecular weight excluding hydrogens is 432 g/mol. The Morgan fingerprint density at radius 2 is 2.00 bits per heavy atom. The molecule has 0 saturated carbocycles. The van der Waals surface area contributed by atoms with E-state index >= 15 is 0 Å². The van der Waals surface area contributed by atoms with Crippen LogP contribution in [0.5, 0.6) is 0 Å². The lowest BCUT2D eigenvalue weighted by Crippen LogP contribution is -2.36. The molecule has 2 aromatic heterocycles. The maximum atomic E-state index is 6.11. The highest BCUT2D eigenvalue weighted by molar-refractivity contribution is 5.66. The fourth-order valence-electron chi connectivity index (χ4n) is 5.18. The summed E-state index contributed by atoms with van der Waals surface area (Å²) in [5, 5.41) is 0. The summed E-state index contributed by atoms with van der Waals surface area (Å²) in [5.74, 6) is 0.663. The zero-order valence-corrected chi connectivity index (χ0v) is 21.7. The predicted octanol–water partition coefficient (Wildman–Crippen LogP) is 5.72. The number of hydrogen-bond donors (Lipinski definition) is 0. The molecule has 0 amide bonds. The van der Waals surface area contributed by atoms with Gasteiger partial charge in [-0.15, -0.1) is 0 Å². The lowest BCUT2D eigenvalue weighted by Gasteiger charge is -2.35. The minimum atomic E-state index is 0.363. The van der Waals surface area contributed by atoms with Crippen molar-refractivity contribution in [1.82, 2.24) is 19.2 Å². The minimum Gasteiger partial charge on any atom is -0.357 e. The maximum Gasteiger partial charge on any atom is 0.139 e. The second kappa shape index (κ2) is 10.5. The highest BCUT2D eigenvalue weighted by atomic mass is 16.5. The van der Waals surface area contributed by atoms with Crippen LogP contribution in [-0.4, -0.2) is 58.2 Å². The first kappa shape index (κ1) is 24.1. The minimum absolute atomic E-state index is 0.363. The van der Waals surface area contributed by atoms with Crippen molar-refractivity contribution in [2.24, 2.45) is 5.92 Å². The number of likely N-dealkylation sites (tertiary alicyclic amines) is 1. The summed E-state index contributed by atoms with van der Waals surface area (Å²) < 4.78 is 8.23. The highest BCUT2D eigenvalue weighted by Crippen LogP contribution is 2.30. The first-order valence-electron chi connectivity index (χ1n) is 13.1. The Bertz CT molecular complexity index is 1180. The van der Waals surface area contributed by atoms with Gasteiger partial charge in [-0.1, -0.05) is 29.9 Å². The summed E-state index contributed by atoms with van der Waals surface area (Å²) in [6.07, 6.45) is 21.7. The smallest absolute Gasteiger partial charge is 0.139 e. The monoisotopic (exact) mass is 471 g/mol. The lowest BCUT2D eigenvalue weighted by molar-refractivity contribution is 0.0600. The number of piperidine rings is 1. The number of aromatic nitrogens is 2. The number of fused-ring (bicyclic) bond motifs is 1. The molecule has 2 aromatic rings. The molecule has 1 atom stereocenters. The van der Waals surface area contributed by atoms with Crippen molar-refractivity contribution in [2.75, 3.05) is 33.0 Å². The van der Waals surface area contributed by atoms with E-state index in [1.54, 1.807) is 0 Å². The van der Waals surface area contributed by atoms with Gasteiger partial charge in [-0.05, 0) is 94.3 Å². The van der Waals surface area contributed by atoms with E-state index in [0.717, 1.165) is 11.3 Å². The van der Waals surface area contributed by atoms with Crippen LogP contribution in [-0.2, 0) is 4.74 Å². The van der Waals surface area contributed by atoms with Gasteiger partial charge in [0.05, 0.1) is 12.3 Å². The standard InChI is InChI=1S/C30H39N4O/c1-22(29-17-23(2)30-31-24(3)18-33(30)20-29)12-16-35-21-34-19-28(8-5-25(34)4)27-10-14-32(15-11-27)13-9-26-6-7-26/h5-8,12,17-20,25,27H,9-11,13-16,21H2,1-4H3/b22-12+. The molecule has 2 aliphatic heterocycles. The van der Waals surface area contributed by atoms with Crippen LogP contribution < -0.4 is 0 Å². The van der Waals surface area contributed by atoms with Gasteiger partial charge in [0, 0.05) is 37.6 Å². The van der Waals surface area contributed by atoms with Gasteiger partial charge in [0.1, 0.15) is 12.4 Å². The van der Waals surface area contributed by atoms with Crippen molar-refractivity contribution in [3.63, 3.8) is 0 Å². The zero-order valence-electron chi connectivity index (χ0n) is 21.7. The summed E-state index contributed by atoms with van der Waals surface area (Å²) in [7, 11) is 0. The molecule has 1 radical (unpaired) electrons. The molecule has 185 valence electrons. The van der Waals surface area contributed by atoms with Crippen molar-refractivity contribution in [2.45, 2.75) is 53.0 Å². The third kappa shape index (κ3) is 5.96. The number of ether oxygens (including phenoxy) is 1. The highest BCUT2D eigenvalue weighted by Gasteiger charge is 2.24. The van der Waals surface area contributed by atoms with Crippen LogP contribution >= 0.6 is 0 Å². The van der Waals surface area contributed by atoms with Crippen LogP contribution in [0.2, 0.25) is 0 Å². The molecule has 5 heteroatoms. The number of pyridine rings is 1.